The Kier molecular flexibility index (Phi) is 3.04. The molecular weight excluding hydrogens is 408 g/mol. The molecule has 0 atom stereocenters. The van der Waals surface area contributed by atoms with Crippen molar-refractivity contribution in [2.75, 3.05) is 0 Å². The predicted molar refractivity (Wildman–Crippen MR) is 67.9 cm³/mol. The molecule has 2 rings (SSSR count). The fourth-order valence-corrected chi connectivity index (χ4v) is 1.93. The molecule has 0 saturated carbocycles. The summed E-state index contributed by atoms with van der Waals surface area (Å²) in [4.78, 5) is 8.43. The van der Waals surface area contributed by atoms with E-state index in [1.165, 1.54) is 0 Å². The molecule has 0 spiro atoms. The number of aryl methyl sites for hydroxylation is 1. The molecule has 0 saturated heterocycles. The topological polar surface area (TPSA) is 59.4 Å². The number of H-pyrrole nitrogens is 1. The van der Waals surface area contributed by atoms with Gasteiger partial charge in [0.2, 0.25) is 0 Å². The maximum Gasteiger partial charge on any atom is 0.170 e. The van der Waals surface area contributed by atoms with Gasteiger partial charge in [-0.3, -0.25) is 5.10 Å². The third-order valence-electron chi connectivity index (χ3n) is 1.69. The van der Waals surface area contributed by atoms with Gasteiger partial charge in [-0.25, -0.2) is 9.97 Å². The molecule has 0 aliphatic heterocycles. The van der Waals surface area contributed by atoms with Gasteiger partial charge >= 0.3 is 0 Å². The van der Waals surface area contributed by atoms with E-state index < -0.39 is 0 Å². The minimum absolute atomic E-state index is 0.665. The van der Waals surface area contributed by atoms with Crippen LogP contribution < -0.4 is 0 Å². The predicted octanol–water partition coefficient (Wildman–Crippen LogP) is 1.57. The lowest BCUT2D eigenvalue weighted by Crippen LogP contribution is -2.02. The smallest absolute Gasteiger partial charge is 0.170 e. The number of aromatic amines is 1. The van der Waals surface area contributed by atoms with Gasteiger partial charge in [0.05, 0.1) is 12.9 Å². The summed E-state index contributed by atoms with van der Waals surface area (Å²) in [5.41, 5.74) is 0. The fourth-order valence-electron chi connectivity index (χ4n) is 1.07. The van der Waals surface area contributed by atoms with Gasteiger partial charge in [0, 0.05) is 0 Å². The third kappa shape index (κ3) is 2.07. The van der Waals surface area contributed by atoms with Crippen LogP contribution in [0.4, 0.5) is 0 Å². The van der Waals surface area contributed by atoms with Crippen molar-refractivity contribution in [2.24, 2.45) is 0 Å². The van der Waals surface area contributed by atoms with E-state index in [-0.39, 0.29) is 0 Å². The molecule has 2 aromatic heterocycles. The zero-order valence-electron chi connectivity index (χ0n) is 7.33. The highest BCUT2D eigenvalue weighted by Crippen LogP contribution is 2.13. The van der Waals surface area contributed by atoms with Crippen LogP contribution >= 0.6 is 45.2 Å². The Morgan fingerprint density at radius 1 is 1.50 bits per heavy atom. The molecule has 0 unspecified atom stereocenters. The summed E-state index contributed by atoms with van der Waals surface area (Å²) in [6.07, 6.45) is 1.80. The first kappa shape index (κ1) is 10.3. The van der Waals surface area contributed by atoms with Crippen LogP contribution in [0, 0.1) is 14.3 Å². The standard InChI is InChI=1S/C7H7I2N5/c1-4-11-5(13-12-4)2-14-3-10-6(8)7(14)9/h3H,2H2,1H3,(H,11,12,13). The van der Waals surface area contributed by atoms with Crippen molar-refractivity contribution in [3.63, 3.8) is 0 Å². The Labute approximate surface area is 108 Å². The van der Waals surface area contributed by atoms with Crippen molar-refractivity contribution < 1.29 is 0 Å². The first-order valence-corrected chi connectivity index (χ1v) is 6.06. The van der Waals surface area contributed by atoms with E-state index in [9.17, 15) is 0 Å². The van der Waals surface area contributed by atoms with Crippen LogP contribution in [0.15, 0.2) is 6.33 Å². The van der Waals surface area contributed by atoms with Crippen LogP contribution in [0.2, 0.25) is 0 Å². The first-order chi connectivity index (χ1) is 6.66. The molecule has 2 heterocycles. The van der Waals surface area contributed by atoms with Crippen molar-refractivity contribution in [3.8, 4) is 0 Å². The molecule has 0 fully saturated rings. The van der Waals surface area contributed by atoms with Gasteiger partial charge in [-0.1, -0.05) is 0 Å². The lowest BCUT2D eigenvalue weighted by molar-refractivity contribution is 0.731. The maximum absolute atomic E-state index is 4.24. The molecule has 14 heavy (non-hydrogen) atoms. The van der Waals surface area contributed by atoms with Gasteiger partial charge in [0.1, 0.15) is 13.2 Å². The average Bonchev–Trinajstić information content (AvgIpc) is 2.67. The van der Waals surface area contributed by atoms with Crippen molar-refractivity contribution >= 4 is 45.2 Å². The quantitative estimate of drug-likeness (QED) is 0.759. The van der Waals surface area contributed by atoms with Crippen LogP contribution in [0.3, 0.4) is 0 Å². The molecule has 0 amide bonds. The zero-order chi connectivity index (χ0) is 10.1. The second-order valence-electron chi connectivity index (χ2n) is 2.79. The van der Waals surface area contributed by atoms with Gasteiger partial charge in [0.25, 0.3) is 0 Å². The van der Waals surface area contributed by atoms with Crippen LogP contribution in [0.1, 0.15) is 11.6 Å². The highest BCUT2D eigenvalue weighted by molar-refractivity contribution is 14.1. The first-order valence-electron chi connectivity index (χ1n) is 3.91. The highest BCUT2D eigenvalue weighted by Gasteiger charge is 2.07. The van der Waals surface area contributed by atoms with E-state index in [4.69, 9.17) is 0 Å². The van der Waals surface area contributed by atoms with E-state index >= 15 is 0 Å². The van der Waals surface area contributed by atoms with Crippen LogP contribution in [-0.4, -0.2) is 24.7 Å². The summed E-state index contributed by atoms with van der Waals surface area (Å²) < 4.78 is 4.14. The Morgan fingerprint density at radius 3 is 2.79 bits per heavy atom. The minimum Gasteiger partial charge on any atom is -0.317 e. The molecule has 0 aliphatic rings. The summed E-state index contributed by atoms with van der Waals surface area (Å²) in [5, 5.41) is 6.89. The Morgan fingerprint density at radius 2 is 2.29 bits per heavy atom. The van der Waals surface area contributed by atoms with Gasteiger partial charge < -0.3 is 4.57 Å². The molecular formula is C7H7I2N5. The van der Waals surface area contributed by atoms with Crippen LogP contribution in [-0.2, 0) is 6.54 Å². The Bertz CT molecular complexity index is 447. The van der Waals surface area contributed by atoms with Gasteiger partial charge in [-0.15, -0.1) is 0 Å². The average molecular weight is 415 g/mol. The molecule has 0 bridgehead atoms. The van der Waals surface area contributed by atoms with Gasteiger partial charge in [-0.05, 0) is 52.1 Å². The van der Waals surface area contributed by atoms with Crippen molar-refractivity contribution in [1.29, 1.82) is 0 Å². The number of nitrogens with zero attached hydrogens (tertiary/aromatic N) is 4. The number of hydrogen-bond acceptors (Lipinski definition) is 3. The van der Waals surface area contributed by atoms with E-state index in [0.29, 0.717) is 6.54 Å². The highest BCUT2D eigenvalue weighted by atomic mass is 127. The van der Waals surface area contributed by atoms with Gasteiger partial charge in [-0.2, -0.15) is 5.10 Å². The Balaban J connectivity index is 2.22. The molecule has 0 aliphatic carbocycles. The van der Waals surface area contributed by atoms with Crippen molar-refractivity contribution in [2.45, 2.75) is 13.5 Å². The van der Waals surface area contributed by atoms with Crippen molar-refractivity contribution in [3.05, 3.63) is 25.4 Å². The lowest BCUT2D eigenvalue weighted by Gasteiger charge is -1.98. The van der Waals surface area contributed by atoms with Gasteiger partial charge in [0.15, 0.2) is 5.82 Å². The molecule has 7 heteroatoms. The second kappa shape index (κ2) is 4.13. The number of halogens is 2. The minimum atomic E-state index is 0.665. The van der Waals surface area contributed by atoms with E-state index in [0.717, 1.165) is 19.1 Å². The molecule has 5 nitrogen and oxygen atoms in total. The summed E-state index contributed by atoms with van der Waals surface area (Å²) >= 11 is 4.47. The Hall–Kier alpha value is -0.190. The van der Waals surface area contributed by atoms with Crippen molar-refractivity contribution in [1.82, 2.24) is 24.7 Å². The molecule has 0 radical (unpaired) electrons. The normalized spacial score (nSPS) is 10.8. The monoisotopic (exact) mass is 415 g/mol. The summed E-state index contributed by atoms with van der Waals surface area (Å²) in [5.74, 6) is 1.62. The third-order valence-corrected chi connectivity index (χ3v) is 4.64. The number of imidazole rings is 1. The number of aromatic nitrogens is 5. The molecule has 2 aromatic rings. The summed E-state index contributed by atoms with van der Waals surface area (Å²) in [6.45, 7) is 2.55. The fraction of sp³-hybridized carbons (Fsp3) is 0.286. The largest absolute Gasteiger partial charge is 0.317 e. The number of hydrogen-bond donors (Lipinski definition) is 1. The molecule has 0 aromatic carbocycles. The van der Waals surface area contributed by atoms with E-state index in [1.54, 1.807) is 6.33 Å². The number of rotatable bonds is 2. The summed E-state index contributed by atoms with van der Waals surface area (Å²) in [6, 6.07) is 0. The summed E-state index contributed by atoms with van der Waals surface area (Å²) in [7, 11) is 0. The van der Waals surface area contributed by atoms with E-state index in [1.807, 2.05) is 11.5 Å². The second-order valence-corrected chi connectivity index (χ2v) is 4.83. The SMILES string of the molecule is Cc1nc(Cn2cnc(I)c2I)n[nH]1. The molecule has 74 valence electrons. The maximum atomic E-state index is 4.24. The zero-order valence-corrected chi connectivity index (χ0v) is 11.6. The number of nitrogens with one attached hydrogen (secondary N) is 1. The molecule has 1 N–H and O–H groups in total. The van der Waals surface area contributed by atoms with Crippen LogP contribution in [0.25, 0.3) is 0 Å². The van der Waals surface area contributed by atoms with Crippen LogP contribution in [0.5, 0.6) is 0 Å². The lowest BCUT2D eigenvalue weighted by atomic mass is 10.6. The van der Waals surface area contributed by atoms with E-state index in [2.05, 4.69) is 65.3 Å².